The van der Waals surface area contributed by atoms with Crippen molar-refractivity contribution in [2.24, 2.45) is 0 Å². The number of carbonyl (C=O) groups is 2. The molecule has 0 bridgehead atoms. The van der Waals surface area contributed by atoms with Gasteiger partial charge in [0.15, 0.2) is 6.61 Å². The highest BCUT2D eigenvalue weighted by Crippen LogP contribution is 2.08. The van der Waals surface area contributed by atoms with Crippen molar-refractivity contribution in [3.63, 3.8) is 0 Å². The van der Waals surface area contributed by atoms with Crippen LogP contribution in [0.1, 0.15) is 12.8 Å². The minimum absolute atomic E-state index is 0.0756. The Morgan fingerprint density at radius 3 is 2.89 bits per heavy atom. The Kier molecular flexibility index (Phi) is 4.17. The highest BCUT2D eigenvalue weighted by atomic mass is 16.5. The molecule has 0 saturated carbocycles. The molecule has 1 saturated heterocycles. The Balaban J connectivity index is 1.76. The number of hydrogen-bond acceptors (Lipinski definition) is 3. The molecule has 1 fully saturated rings. The molecule has 0 spiro atoms. The molecule has 1 unspecified atom stereocenters. The fourth-order valence-corrected chi connectivity index (χ4v) is 1.81. The van der Waals surface area contributed by atoms with Gasteiger partial charge in [-0.15, -0.1) is 0 Å². The topological polar surface area (TPSA) is 67.4 Å². The lowest BCUT2D eigenvalue weighted by Crippen LogP contribution is -2.51. The Labute approximate surface area is 106 Å². The van der Waals surface area contributed by atoms with Gasteiger partial charge in [-0.05, 0) is 25.0 Å². The number of nitrogens with one attached hydrogen (secondary N) is 2. The molecule has 1 aromatic rings. The molecule has 1 atom stereocenters. The number of hydrogen-bond donors (Lipinski definition) is 2. The van der Waals surface area contributed by atoms with Crippen LogP contribution in [0.4, 0.5) is 0 Å². The number of para-hydroxylation sites is 1. The Morgan fingerprint density at radius 2 is 2.17 bits per heavy atom. The van der Waals surface area contributed by atoms with Gasteiger partial charge in [0.1, 0.15) is 11.8 Å². The van der Waals surface area contributed by atoms with Crippen LogP contribution in [0.15, 0.2) is 30.3 Å². The van der Waals surface area contributed by atoms with Crippen molar-refractivity contribution in [2.75, 3.05) is 13.2 Å². The van der Waals surface area contributed by atoms with Crippen LogP contribution >= 0.6 is 0 Å². The van der Waals surface area contributed by atoms with Crippen LogP contribution in [0.2, 0.25) is 0 Å². The first kappa shape index (κ1) is 12.4. The first-order chi connectivity index (χ1) is 8.75. The van der Waals surface area contributed by atoms with Crippen LogP contribution in [0.3, 0.4) is 0 Å². The molecule has 1 aromatic carbocycles. The predicted octanol–water partition coefficient (Wildman–Crippen LogP) is 0.460. The molecule has 18 heavy (non-hydrogen) atoms. The summed E-state index contributed by atoms with van der Waals surface area (Å²) in [6, 6.07) is 8.68. The van der Waals surface area contributed by atoms with Gasteiger partial charge >= 0.3 is 0 Å². The largest absolute Gasteiger partial charge is 0.484 e. The fraction of sp³-hybridized carbons (Fsp3) is 0.385. The summed E-state index contributed by atoms with van der Waals surface area (Å²) in [6.07, 6.45) is 1.57. The van der Waals surface area contributed by atoms with Gasteiger partial charge in [0.2, 0.25) is 5.91 Å². The molecule has 1 heterocycles. The van der Waals surface area contributed by atoms with Gasteiger partial charge < -0.3 is 15.4 Å². The van der Waals surface area contributed by atoms with E-state index in [0.29, 0.717) is 18.7 Å². The van der Waals surface area contributed by atoms with E-state index in [4.69, 9.17) is 4.74 Å². The van der Waals surface area contributed by atoms with Gasteiger partial charge in [0, 0.05) is 6.54 Å². The monoisotopic (exact) mass is 248 g/mol. The highest BCUT2D eigenvalue weighted by Gasteiger charge is 2.23. The molecule has 5 nitrogen and oxygen atoms in total. The Bertz CT molecular complexity index is 420. The standard InChI is InChI=1S/C13H16N2O3/c16-12(9-18-10-5-2-1-3-6-10)15-11-7-4-8-14-13(11)17/h1-3,5-6,11H,4,7-9H2,(H,14,17)(H,15,16). The van der Waals surface area contributed by atoms with E-state index >= 15 is 0 Å². The van der Waals surface area contributed by atoms with E-state index < -0.39 is 6.04 Å². The van der Waals surface area contributed by atoms with E-state index in [-0.39, 0.29) is 18.4 Å². The molecule has 1 aliphatic rings. The van der Waals surface area contributed by atoms with E-state index in [9.17, 15) is 9.59 Å². The average Bonchev–Trinajstić information content (AvgIpc) is 2.40. The zero-order valence-electron chi connectivity index (χ0n) is 10.0. The molecule has 1 aliphatic heterocycles. The third-order valence-electron chi connectivity index (χ3n) is 2.73. The van der Waals surface area contributed by atoms with Crippen molar-refractivity contribution in [1.29, 1.82) is 0 Å². The minimum Gasteiger partial charge on any atom is -0.484 e. The van der Waals surface area contributed by atoms with Crippen LogP contribution in [0.25, 0.3) is 0 Å². The van der Waals surface area contributed by atoms with Crippen LogP contribution in [0, 0.1) is 0 Å². The third-order valence-corrected chi connectivity index (χ3v) is 2.73. The molecule has 5 heteroatoms. The maximum Gasteiger partial charge on any atom is 0.258 e. The summed E-state index contributed by atoms with van der Waals surface area (Å²) in [5.74, 6) is 0.246. The number of rotatable bonds is 4. The van der Waals surface area contributed by atoms with Crippen LogP contribution in [-0.2, 0) is 9.59 Å². The molecule has 0 radical (unpaired) electrons. The van der Waals surface area contributed by atoms with Crippen molar-refractivity contribution < 1.29 is 14.3 Å². The van der Waals surface area contributed by atoms with Crippen LogP contribution in [0.5, 0.6) is 5.75 Å². The lowest BCUT2D eigenvalue weighted by atomic mass is 10.1. The van der Waals surface area contributed by atoms with E-state index in [2.05, 4.69) is 10.6 Å². The van der Waals surface area contributed by atoms with Crippen molar-refractivity contribution >= 4 is 11.8 Å². The third kappa shape index (κ3) is 3.48. The van der Waals surface area contributed by atoms with Crippen molar-refractivity contribution in [3.05, 3.63) is 30.3 Å². The number of piperidine rings is 1. The van der Waals surface area contributed by atoms with E-state index in [0.717, 1.165) is 6.42 Å². The van der Waals surface area contributed by atoms with Crippen molar-refractivity contribution in [2.45, 2.75) is 18.9 Å². The van der Waals surface area contributed by atoms with E-state index in [1.54, 1.807) is 12.1 Å². The fourth-order valence-electron chi connectivity index (χ4n) is 1.81. The number of ether oxygens (including phenoxy) is 1. The zero-order chi connectivity index (χ0) is 12.8. The van der Waals surface area contributed by atoms with E-state index in [1.807, 2.05) is 18.2 Å². The molecule has 96 valence electrons. The SMILES string of the molecule is O=C(COc1ccccc1)NC1CCCNC1=O. The van der Waals surface area contributed by atoms with Crippen LogP contribution in [-0.4, -0.2) is 31.0 Å². The average molecular weight is 248 g/mol. The first-order valence-corrected chi connectivity index (χ1v) is 6.00. The predicted molar refractivity (Wildman–Crippen MR) is 66.1 cm³/mol. The van der Waals surface area contributed by atoms with Crippen molar-refractivity contribution in [1.82, 2.24) is 10.6 Å². The molecule has 2 rings (SSSR count). The molecule has 0 aromatic heterocycles. The van der Waals surface area contributed by atoms with Gasteiger partial charge in [-0.25, -0.2) is 0 Å². The molecule has 0 aliphatic carbocycles. The summed E-state index contributed by atoms with van der Waals surface area (Å²) in [4.78, 5) is 23.1. The number of benzene rings is 1. The second kappa shape index (κ2) is 6.05. The maximum atomic E-state index is 11.6. The van der Waals surface area contributed by atoms with Gasteiger partial charge in [-0.2, -0.15) is 0 Å². The minimum atomic E-state index is -0.425. The smallest absolute Gasteiger partial charge is 0.258 e. The molecular formula is C13H16N2O3. The Hall–Kier alpha value is -2.04. The maximum absolute atomic E-state index is 11.6. The normalized spacial score (nSPS) is 18.9. The van der Waals surface area contributed by atoms with Crippen molar-refractivity contribution in [3.8, 4) is 5.75 Å². The molecular weight excluding hydrogens is 232 g/mol. The summed E-state index contributed by atoms with van der Waals surface area (Å²) in [5.41, 5.74) is 0. The van der Waals surface area contributed by atoms with Crippen LogP contribution < -0.4 is 15.4 Å². The lowest BCUT2D eigenvalue weighted by Gasteiger charge is -2.22. The summed E-state index contributed by atoms with van der Waals surface area (Å²) in [5, 5.41) is 5.38. The molecule has 2 N–H and O–H groups in total. The summed E-state index contributed by atoms with van der Waals surface area (Å²) in [7, 11) is 0. The number of carbonyl (C=O) groups excluding carboxylic acids is 2. The van der Waals surface area contributed by atoms with Gasteiger partial charge in [-0.3, -0.25) is 9.59 Å². The second-order valence-corrected chi connectivity index (χ2v) is 4.16. The zero-order valence-corrected chi connectivity index (χ0v) is 10.0. The highest BCUT2D eigenvalue weighted by molar-refractivity contribution is 5.88. The first-order valence-electron chi connectivity index (χ1n) is 6.00. The summed E-state index contributed by atoms with van der Waals surface area (Å²) < 4.78 is 5.30. The Morgan fingerprint density at radius 1 is 1.39 bits per heavy atom. The second-order valence-electron chi connectivity index (χ2n) is 4.16. The van der Waals surface area contributed by atoms with E-state index in [1.165, 1.54) is 0 Å². The summed E-state index contributed by atoms with van der Waals surface area (Å²) >= 11 is 0. The lowest BCUT2D eigenvalue weighted by molar-refractivity contribution is -0.131. The van der Waals surface area contributed by atoms with Gasteiger partial charge in [0.05, 0.1) is 0 Å². The quantitative estimate of drug-likeness (QED) is 0.813. The number of amides is 2. The van der Waals surface area contributed by atoms with Gasteiger partial charge in [0.25, 0.3) is 5.91 Å². The molecule has 2 amide bonds. The summed E-state index contributed by atoms with van der Waals surface area (Å²) in [6.45, 7) is 0.611. The van der Waals surface area contributed by atoms with Gasteiger partial charge in [-0.1, -0.05) is 18.2 Å².